The number of rotatable bonds is 14. The van der Waals surface area contributed by atoms with E-state index in [9.17, 15) is 18.0 Å². The molecule has 0 saturated carbocycles. The maximum absolute atomic E-state index is 14.7. The van der Waals surface area contributed by atoms with Crippen LogP contribution in [0.3, 0.4) is 0 Å². The van der Waals surface area contributed by atoms with Gasteiger partial charge < -0.3 is 15.0 Å². The first-order valence-corrected chi connectivity index (χ1v) is 17.4. The minimum Gasteiger partial charge on any atom is -0.495 e. The molecule has 0 bridgehead atoms. The van der Waals surface area contributed by atoms with E-state index in [2.05, 4.69) is 5.32 Å². The Hall–Kier alpha value is -4.34. The van der Waals surface area contributed by atoms with Gasteiger partial charge in [0.05, 0.1) is 17.7 Å². The molecule has 2 amide bonds. The number of carbonyl (C=O) groups excluding carboxylic acids is 2. The molecule has 4 aromatic carbocycles. The van der Waals surface area contributed by atoms with Crippen molar-refractivity contribution >= 4 is 39.1 Å². The molecule has 0 heterocycles. The number of amides is 2. The quantitative estimate of drug-likeness (QED) is 0.160. The Labute approximate surface area is 283 Å². The van der Waals surface area contributed by atoms with Gasteiger partial charge in [0, 0.05) is 24.0 Å². The number of halogens is 1. The normalized spacial score (nSPS) is 12.6. The van der Waals surface area contributed by atoms with Gasteiger partial charge in [0.2, 0.25) is 11.8 Å². The summed E-state index contributed by atoms with van der Waals surface area (Å²) < 4.78 is 35.4. The average molecular weight is 676 g/mol. The lowest BCUT2D eigenvalue weighted by Gasteiger charge is -2.34. The fraction of sp³-hybridized carbons (Fsp3) is 0.297. The first kappa shape index (κ1) is 35.5. The van der Waals surface area contributed by atoms with E-state index in [0.717, 1.165) is 21.0 Å². The number of aryl methyl sites for hydroxylation is 2. The highest BCUT2D eigenvalue weighted by Gasteiger charge is 2.36. The lowest BCUT2D eigenvalue weighted by Crippen LogP contribution is -2.54. The van der Waals surface area contributed by atoms with Crippen LogP contribution in [0.4, 0.5) is 5.69 Å². The zero-order valence-corrected chi connectivity index (χ0v) is 29.0. The number of benzene rings is 4. The summed E-state index contributed by atoms with van der Waals surface area (Å²) in [6, 6.07) is 27.0. The van der Waals surface area contributed by atoms with Crippen molar-refractivity contribution < 1.29 is 22.7 Å². The highest BCUT2D eigenvalue weighted by atomic mass is 35.5. The van der Waals surface area contributed by atoms with Gasteiger partial charge in [-0.05, 0) is 80.3 Å². The van der Waals surface area contributed by atoms with Gasteiger partial charge in [0.25, 0.3) is 10.0 Å². The van der Waals surface area contributed by atoms with E-state index in [4.69, 9.17) is 16.3 Å². The lowest BCUT2D eigenvalue weighted by atomic mass is 10.0. The smallest absolute Gasteiger partial charge is 0.264 e. The van der Waals surface area contributed by atoms with E-state index in [0.29, 0.717) is 17.0 Å². The molecule has 0 saturated heterocycles. The fourth-order valence-electron chi connectivity index (χ4n) is 5.17. The maximum Gasteiger partial charge on any atom is 0.264 e. The third-order valence-corrected chi connectivity index (χ3v) is 10.0. The minimum atomic E-state index is -4.27. The number of hydrogen-bond acceptors (Lipinski definition) is 5. The number of methoxy groups -OCH3 is 1. The molecule has 248 valence electrons. The minimum absolute atomic E-state index is 0.0220. The molecule has 0 aromatic heterocycles. The van der Waals surface area contributed by atoms with Gasteiger partial charge in [-0.25, -0.2) is 8.42 Å². The summed E-state index contributed by atoms with van der Waals surface area (Å²) in [7, 11) is -2.82. The molecule has 4 rings (SSSR count). The van der Waals surface area contributed by atoms with E-state index in [1.165, 1.54) is 24.1 Å². The van der Waals surface area contributed by atoms with Crippen LogP contribution in [0.15, 0.2) is 102 Å². The maximum atomic E-state index is 14.7. The Morgan fingerprint density at radius 1 is 0.872 bits per heavy atom. The van der Waals surface area contributed by atoms with Crippen LogP contribution in [-0.4, -0.2) is 50.9 Å². The van der Waals surface area contributed by atoms with Gasteiger partial charge >= 0.3 is 0 Å². The highest BCUT2D eigenvalue weighted by molar-refractivity contribution is 7.92. The number of nitrogens with zero attached hydrogens (tertiary/aromatic N) is 2. The summed E-state index contributed by atoms with van der Waals surface area (Å²) in [5, 5.41) is 3.52. The Morgan fingerprint density at radius 3 is 2.17 bits per heavy atom. The number of anilines is 1. The number of sulfonamides is 1. The van der Waals surface area contributed by atoms with Crippen molar-refractivity contribution in [2.45, 2.75) is 64.1 Å². The van der Waals surface area contributed by atoms with E-state index < -0.39 is 28.5 Å². The average Bonchev–Trinajstić information content (AvgIpc) is 3.05. The van der Waals surface area contributed by atoms with Crippen LogP contribution in [-0.2, 0) is 32.6 Å². The number of carbonyl (C=O) groups is 2. The van der Waals surface area contributed by atoms with Gasteiger partial charge in [-0.15, -0.1) is 0 Å². The number of nitrogens with one attached hydrogen (secondary N) is 1. The van der Waals surface area contributed by atoms with Gasteiger partial charge in [-0.1, -0.05) is 84.8 Å². The molecule has 2 atom stereocenters. The molecular weight excluding hydrogens is 634 g/mol. The number of ether oxygens (including phenoxy) is 1. The zero-order valence-electron chi connectivity index (χ0n) is 27.4. The standard InChI is InChI=1S/C37H42ClN3O5S/c1-6-28(4)39-37(43)34(23-29-11-8-7-9-12-29)40(24-30-13-10-14-31(38)22-30)36(42)25-41(33-21-27(3)17-20-35(33)46-5)47(44,45)32-18-15-26(2)16-19-32/h7-22,28,34H,6,23-25H2,1-5H3,(H,39,43)/t28-,34-/m0/s1. The Balaban J connectivity index is 1.86. The van der Waals surface area contributed by atoms with Crippen LogP contribution in [0.2, 0.25) is 5.02 Å². The summed E-state index contributed by atoms with van der Waals surface area (Å²) in [6.07, 6.45) is 0.912. The van der Waals surface area contributed by atoms with Crippen LogP contribution < -0.4 is 14.4 Å². The largest absolute Gasteiger partial charge is 0.495 e. The second kappa shape index (κ2) is 16.0. The van der Waals surface area contributed by atoms with Crippen molar-refractivity contribution in [3.05, 3.63) is 124 Å². The molecule has 0 radical (unpaired) electrons. The second-order valence-electron chi connectivity index (χ2n) is 11.7. The topological polar surface area (TPSA) is 96.0 Å². The zero-order chi connectivity index (χ0) is 34.1. The first-order valence-electron chi connectivity index (χ1n) is 15.5. The highest BCUT2D eigenvalue weighted by Crippen LogP contribution is 2.34. The van der Waals surface area contributed by atoms with E-state index >= 15 is 0 Å². The third-order valence-electron chi connectivity index (χ3n) is 8.00. The first-order chi connectivity index (χ1) is 22.4. The van der Waals surface area contributed by atoms with Crippen LogP contribution >= 0.6 is 11.6 Å². The molecule has 4 aromatic rings. The van der Waals surface area contributed by atoms with Crippen LogP contribution in [0.1, 0.15) is 42.5 Å². The van der Waals surface area contributed by atoms with Crippen molar-refractivity contribution in [2.75, 3.05) is 18.0 Å². The molecule has 0 fully saturated rings. The molecule has 10 heteroatoms. The van der Waals surface area contributed by atoms with Crippen molar-refractivity contribution in [1.82, 2.24) is 10.2 Å². The summed E-state index contributed by atoms with van der Waals surface area (Å²) in [6.45, 7) is 7.01. The van der Waals surface area contributed by atoms with Crippen LogP contribution in [0.5, 0.6) is 5.75 Å². The molecule has 47 heavy (non-hydrogen) atoms. The molecule has 0 spiro atoms. The number of hydrogen-bond donors (Lipinski definition) is 1. The van der Waals surface area contributed by atoms with E-state index in [1.54, 1.807) is 48.5 Å². The monoisotopic (exact) mass is 675 g/mol. The van der Waals surface area contributed by atoms with E-state index in [1.807, 2.05) is 64.1 Å². The van der Waals surface area contributed by atoms with Crippen LogP contribution in [0.25, 0.3) is 0 Å². The summed E-state index contributed by atoms with van der Waals surface area (Å²) in [5.41, 5.74) is 3.44. The SMILES string of the molecule is CC[C@H](C)NC(=O)[C@H](Cc1ccccc1)N(Cc1cccc(Cl)c1)C(=O)CN(c1cc(C)ccc1OC)S(=O)(=O)c1ccc(C)cc1. The molecule has 8 nitrogen and oxygen atoms in total. The summed E-state index contributed by atoms with van der Waals surface area (Å²) in [5.74, 6) is -0.611. The molecule has 0 aliphatic carbocycles. The molecule has 0 aliphatic heterocycles. The van der Waals surface area contributed by atoms with E-state index in [-0.39, 0.29) is 41.2 Å². The van der Waals surface area contributed by atoms with Gasteiger partial charge in [0.1, 0.15) is 18.3 Å². The lowest BCUT2D eigenvalue weighted by molar-refractivity contribution is -0.140. The molecular formula is C37H42ClN3O5S. The Kier molecular flexibility index (Phi) is 12.1. The van der Waals surface area contributed by atoms with Crippen molar-refractivity contribution in [1.29, 1.82) is 0 Å². The fourth-order valence-corrected chi connectivity index (χ4v) is 6.80. The summed E-state index contributed by atoms with van der Waals surface area (Å²) >= 11 is 6.33. The van der Waals surface area contributed by atoms with Gasteiger partial charge in [-0.2, -0.15) is 0 Å². The Bertz CT molecular complexity index is 1780. The van der Waals surface area contributed by atoms with Crippen molar-refractivity contribution in [3.8, 4) is 5.75 Å². The predicted molar refractivity (Wildman–Crippen MR) is 187 cm³/mol. The predicted octanol–water partition coefficient (Wildman–Crippen LogP) is 6.72. The van der Waals surface area contributed by atoms with Crippen molar-refractivity contribution in [3.63, 3.8) is 0 Å². The second-order valence-corrected chi connectivity index (χ2v) is 14.0. The third kappa shape index (κ3) is 9.14. The Morgan fingerprint density at radius 2 is 1.53 bits per heavy atom. The van der Waals surface area contributed by atoms with Gasteiger partial charge in [-0.3, -0.25) is 13.9 Å². The molecule has 0 unspecified atom stereocenters. The molecule has 0 aliphatic rings. The van der Waals surface area contributed by atoms with Crippen LogP contribution in [0, 0.1) is 13.8 Å². The summed E-state index contributed by atoms with van der Waals surface area (Å²) in [4.78, 5) is 30.2. The molecule has 1 N–H and O–H groups in total. The van der Waals surface area contributed by atoms with Gasteiger partial charge in [0.15, 0.2) is 0 Å². The van der Waals surface area contributed by atoms with Crippen molar-refractivity contribution in [2.24, 2.45) is 0 Å².